The molecule has 1 aliphatic rings. The number of carbonyl (C=O) groups is 2. The smallest absolute Gasteiger partial charge is 0.306 e. The third kappa shape index (κ3) is 2.47. The maximum atomic E-state index is 12.7. The van der Waals surface area contributed by atoms with E-state index in [0.29, 0.717) is 25.9 Å². The summed E-state index contributed by atoms with van der Waals surface area (Å²) in [7, 11) is 0. The van der Waals surface area contributed by atoms with Gasteiger partial charge in [-0.1, -0.05) is 0 Å². The summed E-state index contributed by atoms with van der Waals surface area (Å²) in [6.45, 7) is 5.01. The van der Waals surface area contributed by atoms with Crippen LogP contribution in [0.4, 0.5) is 0 Å². The fourth-order valence-electron chi connectivity index (χ4n) is 3.03. The number of amides is 1. The van der Waals surface area contributed by atoms with Crippen molar-refractivity contribution in [1.29, 1.82) is 0 Å². The van der Waals surface area contributed by atoms with Crippen LogP contribution in [0.1, 0.15) is 33.6 Å². The maximum Gasteiger partial charge on any atom is 0.306 e. The Morgan fingerprint density at radius 2 is 2.00 bits per heavy atom. The van der Waals surface area contributed by atoms with Crippen LogP contribution in [-0.4, -0.2) is 40.0 Å². The number of aliphatic carboxylic acids is 1. The molecule has 1 aliphatic heterocycles. The number of hydrogen-bond acceptors (Lipinski definition) is 4. The summed E-state index contributed by atoms with van der Waals surface area (Å²) in [6, 6.07) is 1.95. The molecule has 1 N–H and O–H groups in total. The Balaban J connectivity index is 1.86. The van der Waals surface area contributed by atoms with E-state index >= 15 is 0 Å². The van der Waals surface area contributed by atoms with E-state index in [1.165, 1.54) is 11.3 Å². The van der Waals surface area contributed by atoms with Crippen LogP contribution in [-0.2, 0) is 4.79 Å². The molecule has 1 amide bonds. The van der Waals surface area contributed by atoms with Crippen molar-refractivity contribution in [1.82, 2.24) is 9.88 Å². The first-order valence-corrected chi connectivity index (χ1v) is 8.17. The molecule has 1 saturated heterocycles. The molecule has 1 fully saturated rings. The number of piperidine rings is 1. The summed E-state index contributed by atoms with van der Waals surface area (Å²) in [5.41, 5.74) is 2.11. The molecule has 0 bridgehead atoms. The van der Waals surface area contributed by atoms with E-state index < -0.39 is 5.97 Å². The van der Waals surface area contributed by atoms with Gasteiger partial charge >= 0.3 is 5.97 Å². The van der Waals surface area contributed by atoms with Gasteiger partial charge < -0.3 is 10.0 Å². The Labute approximate surface area is 132 Å². The van der Waals surface area contributed by atoms with Crippen molar-refractivity contribution in [2.75, 3.05) is 13.1 Å². The summed E-state index contributed by atoms with van der Waals surface area (Å²) in [5.74, 6) is -1.08. The average molecular weight is 318 g/mol. The molecule has 5 nitrogen and oxygen atoms in total. The maximum absolute atomic E-state index is 12.7. The third-order valence-corrected chi connectivity index (χ3v) is 5.55. The van der Waals surface area contributed by atoms with Crippen LogP contribution in [0.3, 0.4) is 0 Å². The molecule has 6 heteroatoms. The van der Waals surface area contributed by atoms with Crippen molar-refractivity contribution in [3.8, 4) is 0 Å². The van der Waals surface area contributed by atoms with Crippen LogP contribution in [0.5, 0.6) is 0 Å². The SMILES string of the molecule is Cc1ccnc2sc(C(=O)N3CCC(C(=O)O)CC3)c(C)c12. The number of aromatic nitrogens is 1. The van der Waals surface area contributed by atoms with Crippen molar-refractivity contribution in [3.63, 3.8) is 0 Å². The van der Waals surface area contributed by atoms with Gasteiger partial charge in [0.05, 0.1) is 10.8 Å². The minimum absolute atomic E-state index is 0.00346. The highest BCUT2D eigenvalue weighted by atomic mass is 32.1. The van der Waals surface area contributed by atoms with Crippen LogP contribution in [0.15, 0.2) is 12.3 Å². The number of pyridine rings is 1. The number of aryl methyl sites for hydroxylation is 2. The first-order valence-electron chi connectivity index (χ1n) is 7.36. The first-order chi connectivity index (χ1) is 10.5. The molecular weight excluding hydrogens is 300 g/mol. The van der Waals surface area contributed by atoms with Gasteiger partial charge in [-0.3, -0.25) is 9.59 Å². The van der Waals surface area contributed by atoms with Crippen LogP contribution >= 0.6 is 11.3 Å². The lowest BCUT2D eigenvalue weighted by Crippen LogP contribution is -2.40. The number of carboxylic acids is 1. The van der Waals surface area contributed by atoms with Gasteiger partial charge in [0.15, 0.2) is 0 Å². The Hall–Kier alpha value is -1.95. The fourth-order valence-corrected chi connectivity index (χ4v) is 4.23. The van der Waals surface area contributed by atoms with E-state index in [-0.39, 0.29) is 11.8 Å². The standard InChI is InChI=1S/C16H18N2O3S/c1-9-3-6-17-14-12(9)10(2)13(22-14)15(19)18-7-4-11(5-8-18)16(20)21/h3,6,11H,4-5,7-8H2,1-2H3,(H,20,21). The highest BCUT2D eigenvalue weighted by Crippen LogP contribution is 2.33. The largest absolute Gasteiger partial charge is 0.481 e. The number of nitrogens with zero attached hydrogens (tertiary/aromatic N) is 2. The molecule has 22 heavy (non-hydrogen) atoms. The fraction of sp³-hybridized carbons (Fsp3) is 0.438. The predicted molar refractivity (Wildman–Crippen MR) is 85.4 cm³/mol. The minimum atomic E-state index is -0.759. The molecule has 0 aromatic carbocycles. The van der Waals surface area contributed by atoms with Crippen molar-refractivity contribution in [2.24, 2.45) is 5.92 Å². The molecule has 0 atom stereocenters. The first kappa shape index (κ1) is 15.0. The monoisotopic (exact) mass is 318 g/mol. The minimum Gasteiger partial charge on any atom is -0.481 e. The van der Waals surface area contributed by atoms with Gasteiger partial charge in [0.2, 0.25) is 0 Å². The normalized spacial score (nSPS) is 16.2. The van der Waals surface area contributed by atoms with Crippen molar-refractivity contribution >= 4 is 33.4 Å². The van der Waals surface area contributed by atoms with E-state index in [2.05, 4.69) is 4.98 Å². The third-order valence-electron chi connectivity index (χ3n) is 4.36. The van der Waals surface area contributed by atoms with Gasteiger partial charge in [-0.25, -0.2) is 4.98 Å². The second-order valence-electron chi connectivity index (χ2n) is 5.77. The van der Waals surface area contributed by atoms with Crippen LogP contribution in [0.25, 0.3) is 10.2 Å². The summed E-state index contributed by atoms with van der Waals surface area (Å²) >= 11 is 1.43. The van der Waals surface area contributed by atoms with Gasteiger partial charge in [-0.15, -0.1) is 11.3 Å². The van der Waals surface area contributed by atoms with E-state index in [1.54, 1.807) is 11.1 Å². The van der Waals surface area contributed by atoms with E-state index in [1.807, 2.05) is 19.9 Å². The van der Waals surface area contributed by atoms with Gasteiger partial charge in [0.1, 0.15) is 4.83 Å². The molecular formula is C16H18N2O3S. The summed E-state index contributed by atoms with van der Waals surface area (Å²) < 4.78 is 0. The molecule has 0 aliphatic carbocycles. The lowest BCUT2D eigenvalue weighted by Gasteiger charge is -2.30. The second-order valence-corrected chi connectivity index (χ2v) is 6.77. The van der Waals surface area contributed by atoms with E-state index in [4.69, 9.17) is 5.11 Å². The molecule has 3 heterocycles. The predicted octanol–water partition coefficient (Wildman–Crippen LogP) is 2.85. The summed E-state index contributed by atoms with van der Waals surface area (Å²) in [6.07, 6.45) is 2.82. The second kappa shape index (κ2) is 5.68. The topological polar surface area (TPSA) is 70.5 Å². The van der Waals surface area contributed by atoms with E-state index in [9.17, 15) is 9.59 Å². The zero-order valence-electron chi connectivity index (χ0n) is 12.6. The molecule has 2 aromatic rings. The highest BCUT2D eigenvalue weighted by Gasteiger charge is 2.29. The van der Waals surface area contributed by atoms with Crippen LogP contribution in [0.2, 0.25) is 0 Å². The van der Waals surface area contributed by atoms with E-state index in [0.717, 1.165) is 26.2 Å². The Bertz CT molecular complexity index is 745. The Morgan fingerprint density at radius 1 is 1.32 bits per heavy atom. The van der Waals surface area contributed by atoms with Gasteiger partial charge in [0.25, 0.3) is 5.91 Å². The molecule has 0 spiro atoms. The number of rotatable bonds is 2. The molecule has 0 unspecified atom stereocenters. The van der Waals surface area contributed by atoms with Gasteiger partial charge in [-0.05, 0) is 43.9 Å². The molecule has 0 saturated carbocycles. The number of carbonyl (C=O) groups excluding carboxylic acids is 1. The average Bonchev–Trinajstić information content (AvgIpc) is 2.85. The van der Waals surface area contributed by atoms with Crippen molar-refractivity contribution in [2.45, 2.75) is 26.7 Å². The zero-order chi connectivity index (χ0) is 15.9. The highest BCUT2D eigenvalue weighted by molar-refractivity contribution is 7.20. The van der Waals surface area contributed by atoms with Crippen molar-refractivity contribution in [3.05, 3.63) is 28.3 Å². The number of carboxylic acid groups (broad SMARTS) is 1. The lowest BCUT2D eigenvalue weighted by atomic mass is 9.97. The lowest BCUT2D eigenvalue weighted by molar-refractivity contribution is -0.143. The van der Waals surface area contributed by atoms with Crippen LogP contribution < -0.4 is 0 Å². The summed E-state index contributed by atoms with van der Waals surface area (Å²) in [4.78, 5) is 31.5. The van der Waals surface area contributed by atoms with Crippen LogP contribution in [0, 0.1) is 19.8 Å². The molecule has 0 radical (unpaired) electrons. The number of thiophene rings is 1. The molecule has 3 rings (SSSR count). The number of fused-ring (bicyclic) bond motifs is 1. The van der Waals surface area contributed by atoms with Gasteiger partial charge in [-0.2, -0.15) is 0 Å². The zero-order valence-corrected chi connectivity index (χ0v) is 13.4. The van der Waals surface area contributed by atoms with Crippen molar-refractivity contribution < 1.29 is 14.7 Å². The molecule has 2 aromatic heterocycles. The summed E-state index contributed by atoms with van der Waals surface area (Å²) in [5, 5.41) is 10.1. The number of likely N-dealkylation sites (tertiary alicyclic amines) is 1. The van der Waals surface area contributed by atoms with Gasteiger partial charge in [0, 0.05) is 24.7 Å². The Morgan fingerprint density at radius 3 is 2.59 bits per heavy atom. The number of hydrogen-bond donors (Lipinski definition) is 1. The Kier molecular flexibility index (Phi) is 3.87. The quantitative estimate of drug-likeness (QED) is 0.924. The molecule has 116 valence electrons.